The summed E-state index contributed by atoms with van der Waals surface area (Å²) in [5.41, 5.74) is 6.60. The summed E-state index contributed by atoms with van der Waals surface area (Å²) in [6.45, 7) is 2.18. The van der Waals surface area contributed by atoms with E-state index in [1.165, 1.54) is 43.5 Å². The number of allylic oxidation sites excluding steroid dienone is 3. The van der Waals surface area contributed by atoms with E-state index in [0.29, 0.717) is 11.2 Å². The molecular formula is C25H19NS. The van der Waals surface area contributed by atoms with Crippen LogP contribution in [0.3, 0.4) is 0 Å². The highest BCUT2D eigenvalue weighted by molar-refractivity contribution is 8.00. The minimum absolute atomic E-state index is 0.499. The van der Waals surface area contributed by atoms with Gasteiger partial charge in [-0.15, -0.1) is 11.8 Å². The molecule has 1 aromatic heterocycles. The number of hydrogen-bond donors (Lipinski definition) is 0. The summed E-state index contributed by atoms with van der Waals surface area (Å²) in [7, 11) is 0. The standard InChI is InChI=1S/C25H19NS/c1-16-11-12-22-19(13-16)20-14-21-18-9-5-6-10-24(18)27-25(21)15-23(20)26(22)17-7-3-2-4-8-17/h2-15,18,24H,1H3. The molecule has 0 amide bonds. The zero-order valence-electron chi connectivity index (χ0n) is 15.1. The van der Waals surface area contributed by atoms with E-state index in [1.807, 2.05) is 11.8 Å². The maximum Gasteiger partial charge on any atom is 0.0552 e. The average molecular weight is 366 g/mol. The number of nitrogens with zero attached hydrogens (tertiary/aromatic N) is 1. The van der Waals surface area contributed by atoms with Crippen molar-refractivity contribution in [3.05, 3.63) is 96.1 Å². The first kappa shape index (κ1) is 15.4. The molecular weight excluding hydrogens is 346 g/mol. The van der Waals surface area contributed by atoms with Gasteiger partial charge in [0, 0.05) is 32.5 Å². The Morgan fingerprint density at radius 2 is 1.63 bits per heavy atom. The molecule has 3 aromatic carbocycles. The number of aryl methyl sites for hydroxylation is 1. The fraction of sp³-hybridized carbons (Fsp3) is 0.120. The fourth-order valence-corrected chi connectivity index (χ4v) is 5.88. The molecule has 2 aliphatic rings. The predicted octanol–water partition coefficient (Wildman–Crippen LogP) is 6.78. The average Bonchev–Trinajstić information content (AvgIpc) is 3.21. The molecule has 0 saturated carbocycles. The lowest BCUT2D eigenvalue weighted by Crippen LogP contribution is -2.06. The first-order chi connectivity index (χ1) is 13.3. The molecule has 0 fully saturated rings. The monoisotopic (exact) mass is 365 g/mol. The van der Waals surface area contributed by atoms with Gasteiger partial charge in [0.25, 0.3) is 0 Å². The molecule has 2 heterocycles. The van der Waals surface area contributed by atoms with Gasteiger partial charge in [0.1, 0.15) is 0 Å². The Balaban J connectivity index is 1.72. The van der Waals surface area contributed by atoms with E-state index in [2.05, 4.69) is 96.5 Å². The molecule has 2 heteroatoms. The molecule has 1 nitrogen and oxygen atoms in total. The van der Waals surface area contributed by atoms with Crippen molar-refractivity contribution in [1.29, 1.82) is 0 Å². The van der Waals surface area contributed by atoms with Gasteiger partial charge < -0.3 is 4.57 Å². The number of hydrogen-bond acceptors (Lipinski definition) is 1. The highest BCUT2D eigenvalue weighted by Crippen LogP contribution is 2.50. The molecule has 2 unspecified atom stereocenters. The number of para-hydroxylation sites is 1. The Morgan fingerprint density at radius 3 is 2.52 bits per heavy atom. The topological polar surface area (TPSA) is 4.93 Å². The van der Waals surface area contributed by atoms with E-state index in [0.717, 1.165) is 0 Å². The third kappa shape index (κ3) is 2.20. The summed E-state index contributed by atoms with van der Waals surface area (Å²) in [4.78, 5) is 1.42. The van der Waals surface area contributed by atoms with Crippen LogP contribution in [0.1, 0.15) is 17.0 Å². The molecule has 1 aliphatic heterocycles. The van der Waals surface area contributed by atoms with E-state index in [9.17, 15) is 0 Å². The molecule has 0 saturated heterocycles. The summed E-state index contributed by atoms with van der Waals surface area (Å²) in [6.07, 6.45) is 9.07. The number of fused-ring (bicyclic) bond motifs is 6. The maximum atomic E-state index is 2.45. The molecule has 0 spiro atoms. The maximum absolute atomic E-state index is 2.45. The second-order valence-electron chi connectivity index (χ2n) is 7.48. The molecule has 0 N–H and O–H groups in total. The van der Waals surface area contributed by atoms with Crippen LogP contribution in [0.4, 0.5) is 0 Å². The predicted molar refractivity (Wildman–Crippen MR) is 116 cm³/mol. The number of benzene rings is 3. The lowest BCUT2D eigenvalue weighted by atomic mass is 9.91. The van der Waals surface area contributed by atoms with Crippen LogP contribution in [0.25, 0.3) is 27.5 Å². The van der Waals surface area contributed by atoms with Crippen molar-refractivity contribution in [3.8, 4) is 5.69 Å². The van der Waals surface area contributed by atoms with Crippen molar-refractivity contribution in [2.75, 3.05) is 0 Å². The SMILES string of the molecule is Cc1ccc2c(c1)c1cc3c(cc1n2-c1ccccc1)SC1C=CC=CC31. The smallest absolute Gasteiger partial charge is 0.0552 e. The van der Waals surface area contributed by atoms with Crippen molar-refractivity contribution in [1.82, 2.24) is 4.57 Å². The lowest BCUT2D eigenvalue weighted by molar-refractivity contribution is 0.883. The normalized spacial score (nSPS) is 20.3. The van der Waals surface area contributed by atoms with Crippen LogP contribution in [-0.4, -0.2) is 9.82 Å². The van der Waals surface area contributed by atoms with Crippen LogP contribution < -0.4 is 0 Å². The Bertz CT molecular complexity index is 1260. The molecule has 1 aliphatic carbocycles. The van der Waals surface area contributed by atoms with Gasteiger partial charge in [-0.2, -0.15) is 0 Å². The number of thioether (sulfide) groups is 1. The van der Waals surface area contributed by atoms with Crippen LogP contribution in [0, 0.1) is 6.92 Å². The van der Waals surface area contributed by atoms with Crippen molar-refractivity contribution in [2.45, 2.75) is 23.0 Å². The second-order valence-corrected chi connectivity index (χ2v) is 8.70. The summed E-state index contributed by atoms with van der Waals surface area (Å²) >= 11 is 2.00. The summed E-state index contributed by atoms with van der Waals surface area (Å²) < 4.78 is 2.42. The molecule has 0 bridgehead atoms. The van der Waals surface area contributed by atoms with Crippen LogP contribution >= 0.6 is 11.8 Å². The van der Waals surface area contributed by atoms with Gasteiger partial charge in [0.15, 0.2) is 0 Å². The zero-order valence-corrected chi connectivity index (χ0v) is 15.9. The fourth-order valence-electron chi connectivity index (χ4n) is 4.52. The lowest BCUT2D eigenvalue weighted by Gasteiger charge is -2.14. The Morgan fingerprint density at radius 1 is 0.815 bits per heavy atom. The molecule has 4 aromatic rings. The van der Waals surface area contributed by atoms with Crippen LogP contribution in [-0.2, 0) is 0 Å². The van der Waals surface area contributed by atoms with Crippen LogP contribution in [0.15, 0.2) is 89.9 Å². The zero-order chi connectivity index (χ0) is 18.0. The highest BCUT2D eigenvalue weighted by Gasteiger charge is 2.32. The van der Waals surface area contributed by atoms with E-state index in [4.69, 9.17) is 0 Å². The second kappa shape index (κ2) is 5.64. The van der Waals surface area contributed by atoms with E-state index < -0.39 is 0 Å². The third-order valence-corrected chi connectivity index (χ3v) is 7.10. The molecule has 2 atom stereocenters. The largest absolute Gasteiger partial charge is 0.309 e. The molecule has 0 radical (unpaired) electrons. The quantitative estimate of drug-likeness (QED) is 0.360. The third-order valence-electron chi connectivity index (χ3n) is 5.77. The minimum atomic E-state index is 0.499. The summed E-state index contributed by atoms with van der Waals surface area (Å²) in [5, 5.41) is 3.25. The summed E-state index contributed by atoms with van der Waals surface area (Å²) in [6, 6.07) is 22.4. The van der Waals surface area contributed by atoms with Gasteiger partial charge in [-0.25, -0.2) is 0 Å². The Kier molecular flexibility index (Phi) is 3.21. The molecule has 27 heavy (non-hydrogen) atoms. The first-order valence-electron chi connectivity index (χ1n) is 9.45. The Hall–Kier alpha value is -2.71. The Labute approximate surface area is 163 Å². The molecule has 6 rings (SSSR count). The highest BCUT2D eigenvalue weighted by atomic mass is 32.2. The van der Waals surface area contributed by atoms with Gasteiger partial charge in [-0.3, -0.25) is 0 Å². The number of rotatable bonds is 1. The van der Waals surface area contributed by atoms with Gasteiger partial charge in [-0.1, -0.05) is 54.1 Å². The van der Waals surface area contributed by atoms with E-state index in [1.54, 1.807) is 0 Å². The summed E-state index contributed by atoms with van der Waals surface area (Å²) in [5.74, 6) is 0.499. The van der Waals surface area contributed by atoms with Crippen molar-refractivity contribution < 1.29 is 0 Å². The van der Waals surface area contributed by atoms with Crippen molar-refractivity contribution >= 4 is 33.6 Å². The van der Waals surface area contributed by atoms with Gasteiger partial charge in [0.05, 0.1) is 11.0 Å². The van der Waals surface area contributed by atoms with Gasteiger partial charge in [0.2, 0.25) is 0 Å². The van der Waals surface area contributed by atoms with E-state index >= 15 is 0 Å². The van der Waals surface area contributed by atoms with Gasteiger partial charge in [-0.05, 0) is 48.9 Å². The number of aromatic nitrogens is 1. The van der Waals surface area contributed by atoms with Crippen LogP contribution in [0.5, 0.6) is 0 Å². The first-order valence-corrected chi connectivity index (χ1v) is 10.3. The van der Waals surface area contributed by atoms with E-state index in [-0.39, 0.29) is 0 Å². The van der Waals surface area contributed by atoms with Gasteiger partial charge >= 0.3 is 0 Å². The molecule has 130 valence electrons. The van der Waals surface area contributed by atoms with Crippen molar-refractivity contribution in [3.63, 3.8) is 0 Å². The minimum Gasteiger partial charge on any atom is -0.309 e. The van der Waals surface area contributed by atoms with Crippen molar-refractivity contribution in [2.24, 2.45) is 0 Å². The van der Waals surface area contributed by atoms with Crippen LogP contribution in [0.2, 0.25) is 0 Å².